The summed E-state index contributed by atoms with van der Waals surface area (Å²) >= 11 is 5.72. The molecule has 2 N–H and O–H groups in total. The monoisotopic (exact) mass is 295 g/mol. The van der Waals surface area contributed by atoms with Gasteiger partial charge in [-0.2, -0.15) is 0 Å². The summed E-state index contributed by atoms with van der Waals surface area (Å²) in [5.74, 6) is -1.21. The summed E-state index contributed by atoms with van der Waals surface area (Å²) in [4.78, 5) is 11.6. The molecule has 0 spiro atoms. The molecular formula is C14H11ClFNO3. The van der Waals surface area contributed by atoms with Crippen molar-refractivity contribution in [1.82, 2.24) is 0 Å². The number of halogens is 2. The summed E-state index contributed by atoms with van der Waals surface area (Å²) in [5.41, 5.74) is 0.241. The Bertz CT molecular complexity index is 616. The highest BCUT2D eigenvalue weighted by Gasteiger charge is 2.06. The van der Waals surface area contributed by atoms with Crippen molar-refractivity contribution < 1.29 is 19.0 Å². The average molecular weight is 296 g/mol. The number of hydrogen-bond donors (Lipinski definition) is 2. The van der Waals surface area contributed by atoms with E-state index < -0.39 is 17.5 Å². The van der Waals surface area contributed by atoms with Gasteiger partial charge in [-0.05, 0) is 36.4 Å². The molecule has 104 valence electrons. The lowest BCUT2D eigenvalue weighted by Gasteiger charge is -2.08. The molecule has 0 aromatic heterocycles. The maximum absolute atomic E-state index is 13.1. The van der Waals surface area contributed by atoms with Crippen LogP contribution in [0, 0.1) is 5.82 Å². The van der Waals surface area contributed by atoms with Crippen LogP contribution in [0.1, 0.15) is 0 Å². The lowest BCUT2D eigenvalue weighted by molar-refractivity contribution is -0.118. The lowest BCUT2D eigenvalue weighted by atomic mass is 10.3. The highest BCUT2D eigenvalue weighted by molar-refractivity contribution is 6.30. The first-order chi connectivity index (χ1) is 9.54. The van der Waals surface area contributed by atoms with Gasteiger partial charge in [-0.15, -0.1) is 0 Å². The minimum atomic E-state index is -0.804. The van der Waals surface area contributed by atoms with Gasteiger partial charge in [0.05, 0.1) is 0 Å². The molecule has 4 nitrogen and oxygen atoms in total. The number of nitrogens with one attached hydrogen (secondary N) is 1. The molecule has 2 aromatic carbocycles. The van der Waals surface area contributed by atoms with Crippen LogP contribution in [0.5, 0.6) is 11.5 Å². The summed E-state index contributed by atoms with van der Waals surface area (Å²) in [6.07, 6.45) is 0. The Morgan fingerprint density at radius 3 is 2.60 bits per heavy atom. The molecule has 0 saturated heterocycles. The fourth-order valence-corrected chi connectivity index (χ4v) is 1.59. The first-order valence-electron chi connectivity index (χ1n) is 5.71. The predicted octanol–water partition coefficient (Wildman–Crippen LogP) is 3.20. The maximum Gasteiger partial charge on any atom is 0.262 e. The molecule has 1 amide bonds. The van der Waals surface area contributed by atoms with E-state index in [2.05, 4.69) is 5.32 Å². The van der Waals surface area contributed by atoms with Crippen molar-refractivity contribution in [1.29, 1.82) is 0 Å². The van der Waals surface area contributed by atoms with Gasteiger partial charge in [-0.1, -0.05) is 11.6 Å². The highest BCUT2D eigenvalue weighted by Crippen LogP contribution is 2.19. The fraction of sp³-hybridized carbons (Fsp3) is 0.0714. The standard InChI is InChI=1S/C14H11ClFNO3/c15-9-1-4-11(5-2-9)20-8-14(19)17-10-3-6-13(18)12(16)7-10/h1-7,18H,8H2,(H,17,19). The molecule has 0 fully saturated rings. The lowest BCUT2D eigenvalue weighted by Crippen LogP contribution is -2.20. The smallest absolute Gasteiger partial charge is 0.262 e. The molecule has 6 heteroatoms. The second kappa shape index (κ2) is 6.25. The Morgan fingerprint density at radius 1 is 1.25 bits per heavy atom. The van der Waals surface area contributed by atoms with E-state index in [-0.39, 0.29) is 12.3 Å². The van der Waals surface area contributed by atoms with Crippen molar-refractivity contribution in [2.45, 2.75) is 0 Å². The van der Waals surface area contributed by atoms with Gasteiger partial charge in [0.25, 0.3) is 5.91 Å². The van der Waals surface area contributed by atoms with Crippen LogP contribution in [-0.4, -0.2) is 17.6 Å². The summed E-state index contributed by atoms with van der Waals surface area (Å²) in [6, 6.07) is 10.1. The largest absolute Gasteiger partial charge is 0.505 e. The van der Waals surface area contributed by atoms with Crippen LogP contribution >= 0.6 is 11.6 Å². The third-order valence-electron chi connectivity index (χ3n) is 2.42. The molecule has 0 aliphatic heterocycles. The molecule has 0 unspecified atom stereocenters. The first-order valence-corrected chi connectivity index (χ1v) is 6.09. The van der Waals surface area contributed by atoms with Crippen molar-refractivity contribution in [3.63, 3.8) is 0 Å². The van der Waals surface area contributed by atoms with Crippen LogP contribution in [0.4, 0.5) is 10.1 Å². The van der Waals surface area contributed by atoms with Gasteiger partial charge in [0.15, 0.2) is 18.2 Å². The van der Waals surface area contributed by atoms with Gasteiger partial charge in [0.1, 0.15) is 5.75 Å². The maximum atomic E-state index is 13.1. The zero-order valence-corrected chi connectivity index (χ0v) is 11.0. The summed E-state index contributed by atoms with van der Waals surface area (Å²) in [7, 11) is 0. The molecule has 0 aliphatic carbocycles. The van der Waals surface area contributed by atoms with E-state index in [4.69, 9.17) is 21.4 Å². The number of anilines is 1. The summed E-state index contributed by atoms with van der Waals surface area (Å²) in [6.45, 7) is -0.218. The van der Waals surface area contributed by atoms with Crippen molar-refractivity contribution in [2.24, 2.45) is 0 Å². The van der Waals surface area contributed by atoms with E-state index in [0.29, 0.717) is 10.8 Å². The topological polar surface area (TPSA) is 58.6 Å². The Balaban J connectivity index is 1.89. The zero-order chi connectivity index (χ0) is 14.5. The van der Waals surface area contributed by atoms with E-state index in [9.17, 15) is 9.18 Å². The molecule has 2 aromatic rings. The average Bonchev–Trinajstić information content (AvgIpc) is 2.42. The Labute approximate surface area is 119 Å². The molecule has 0 saturated carbocycles. The van der Waals surface area contributed by atoms with Crippen molar-refractivity contribution in [2.75, 3.05) is 11.9 Å². The minimum Gasteiger partial charge on any atom is -0.505 e. The van der Waals surface area contributed by atoms with Crippen LogP contribution in [0.2, 0.25) is 5.02 Å². The third kappa shape index (κ3) is 3.86. The van der Waals surface area contributed by atoms with Crippen LogP contribution in [0.15, 0.2) is 42.5 Å². The molecule has 0 heterocycles. The number of ether oxygens (including phenoxy) is 1. The van der Waals surface area contributed by atoms with E-state index >= 15 is 0 Å². The molecule has 0 radical (unpaired) electrons. The summed E-state index contributed by atoms with van der Waals surface area (Å²) < 4.78 is 18.3. The van der Waals surface area contributed by atoms with E-state index in [1.54, 1.807) is 24.3 Å². The molecular weight excluding hydrogens is 285 g/mol. The van der Waals surface area contributed by atoms with E-state index in [0.717, 1.165) is 12.1 Å². The number of benzene rings is 2. The van der Waals surface area contributed by atoms with Gasteiger partial charge < -0.3 is 15.2 Å². The second-order valence-corrected chi connectivity index (χ2v) is 4.39. The van der Waals surface area contributed by atoms with Crippen LogP contribution < -0.4 is 10.1 Å². The van der Waals surface area contributed by atoms with Gasteiger partial charge in [-0.25, -0.2) is 4.39 Å². The predicted molar refractivity (Wildman–Crippen MR) is 73.6 cm³/mol. The fourth-order valence-electron chi connectivity index (χ4n) is 1.46. The summed E-state index contributed by atoms with van der Waals surface area (Å²) in [5, 5.41) is 12.1. The highest BCUT2D eigenvalue weighted by atomic mass is 35.5. The van der Waals surface area contributed by atoms with Gasteiger partial charge in [0.2, 0.25) is 0 Å². The number of aromatic hydroxyl groups is 1. The first kappa shape index (κ1) is 14.1. The number of carbonyl (C=O) groups excluding carboxylic acids is 1. The molecule has 0 aliphatic rings. The normalized spacial score (nSPS) is 10.1. The Hall–Kier alpha value is -2.27. The van der Waals surface area contributed by atoms with Gasteiger partial charge >= 0.3 is 0 Å². The molecule has 0 bridgehead atoms. The number of phenolic OH excluding ortho intramolecular Hbond substituents is 1. The van der Waals surface area contributed by atoms with Gasteiger partial charge in [-0.3, -0.25) is 4.79 Å². The second-order valence-electron chi connectivity index (χ2n) is 3.96. The van der Waals surface area contributed by atoms with E-state index in [1.807, 2.05) is 0 Å². The van der Waals surface area contributed by atoms with Gasteiger partial charge in [0, 0.05) is 16.8 Å². The van der Waals surface area contributed by atoms with Crippen molar-refractivity contribution >= 4 is 23.2 Å². The number of amides is 1. The SMILES string of the molecule is O=C(COc1ccc(Cl)cc1)Nc1ccc(O)c(F)c1. The quantitative estimate of drug-likeness (QED) is 0.852. The third-order valence-corrected chi connectivity index (χ3v) is 2.67. The molecule has 2 rings (SSSR count). The van der Waals surface area contributed by atoms with Crippen molar-refractivity contribution in [3.05, 3.63) is 53.3 Å². The van der Waals surface area contributed by atoms with Crippen LogP contribution in [0.25, 0.3) is 0 Å². The zero-order valence-electron chi connectivity index (χ0n) is 10.3. The number of carbonyl (C=O) groups is 1. The molecule has 0 atom stereocenters. The Morgan fingerprint density at radius 2 is 1.95 bits per heavy atom. The number of rotatable bonds is 4. The minimum absolute atomic E-state index is 0.218. The van der Waals surface area contributed by atoms with Crippen LogP contribution in [0.3, 0.4) is 0 Å². The Kier molecular flexibility index (Phi) is 4.42. The number of phenols is 1. The van der Waals surface area contributed by atoms with Crippen molar-refractivity contribution in [3.8, 4) is 11.5 Å². The molecule has 20 heavy (non-hydrogen) atoms. The van der Waals surface area contributed by atoms with Crippen LogP contribution in [-0.2, 0) is 4.79 Å². The van der Waals surface area contributed by atoms with E-state index in [1.165, 1.54) is 6.07 Å². The number of hydrogen-bond acceptors (Lipinski definition) is 3.